The van der Waals surface area contributed by atoms with Crippen molar-refractivity contribution in [1.29, 1.82) is 0 Å². The summed E-state index contributed by atoms with van der Waals surface area (Å²) in [6, 6.07) is 6.04. The van der Waals surface area contributed by atoms with Crippen molar-refractivity contribution in [3.8, 4) is 0 Å². The summed E-state index contributed by atoms with van der Waals surface area (Å²) in [5.41, 5.74) is 1.04. The molecule has 16 heavy (non-hydrogen) atoms. The van der Waals surface area contributed by atoms with Crippen LogP contribution in [0.5, 0.6) is 0 Å². The van der Waals surface area contributed by atoms with Gasteiger partial charge in [0.2, 0.25) is 0 Å². The Morgan fingerprint density at radius 3 is 3.06 bits per heavy atom. The highest BCUT2D eigenvalue weighted by Crippen LogP contribution is 2.06. The molecule has 2 aromatic rings. The molecule has 0 aliphatic rings. The molecule has 0 unspecified atom stereocenters. The van der Waals surface area contributed by atoms with Crippen LogP contribution in [0.1, 0.15) is 19.0 Å². The van der Waals surface area contributed by atoms with Crippen LogP contribution in [0.2, 0.25) is 0 Å². The minimum absolute atomic E-state index is 0.766. The molecule has 2 aromatic heterocycles. The summed E-state index contributed by atoms with van der Waals surface area (Å²) >= 11 is 0. The fourth-order valence-electron chi connectivity index (χ4n) is 1.49. The molecular formula is C12H16N4. The monoisotopic (exact) mass is 216 g/mol. The van der Waals surface area contributed by atoms with Crippen LogP contribution in [0.25, 0.3) is 0 Å². The van der Waals surface area contributed by atoms with Gasteiger partial charge in [-0.15, -0.1) is 0 Å². The van der Waals surface area contributed by atoms with Gasteiger partial charge in [-0.25, -0.2) is 9.97 Å². The standard InChI is InChI=1S/C12H16N4/c1-2-6-14-12-5-3-4-11(15-12)9-16-8-7-13-10-16/h3-5,7-8,10H,2,6,9H2,1H3,(H,14,15). The third-order valence-electron chi connectivity index (χ3n) is 2.27. The van der Waals surface area contributed by atoms with Gasteiger partial charge in [0.1, 0.15) is 5.82 Å². The summed E-state index contributed by atoms with van der Waals surface area (Å²) in [7, 11) is 0. The van der Waals surface area contributed by atoms with E-state index in [0.717, 1.165) is 31.0 Å². The molecule has 1 N–H and O–H groups in total. The first-order chi connectivity index (χ1) is 7.88. The van der Waals surface area contributed by atoms with E-state index in [1.54, 1.807) is 12.5 Å². The molecule has 0 fully saturated rings. The molecule has 0 aliphatic heterocycles. The molecule has 84 valence electrons. The zero-order chi connectivity index (χ0) is 11.2. The highest BCUT2D eigenvalue weighted by Gasteiger charge is 1.98. The van der Waals surface area contributed by atoms with Crippen LogP contribution < -0.4 is 5.32 Å². The first kappa shape index (κ1) is 10.7. The topological polar surface area (TPSA) is 42.7 Å². The van der Waals surface area contributed by atoms with Gasteiger partial charge in [0, 0.05) is 18.9 Å². The lowest BCUT2D eigenvalue weighted by atomic mass is 10.3. The van der Waals surface area contributed by atoms with Crippen LogP contribution in [-0.2, 0) is 6.54 Å². The Morgan fingerprint density at radius 1 is 1.38 bits per heavy atom. The van der Waals surface area contributed by atoms with Crippen molar-refractivity contribution in [3.05, 3.63) is 42.6 Å². The van der Waals surface area contributed by atoms with Gasteiger partial charge in [-0.05, 0) is 18.6 Å². The van der Waals surface area contributed by atoms with E-state index in [1.807, 2.05) is 29.0 Å². The second-order valence-corrected chi connectivity index (χ2v) is 3.68. The van der Waals surface area contributed by atoms with E-state index in [4.69, 9.17) is 0 Å². The van der Waals surface area contributed by atoms with Gasteiger partial charge in [-0.1, -0.05) is 13.0 Å². The van der Waals surface area contributed by atoms with E-state index in [2.05, 4.69) is 22.2 Å². The summed E-state index contributed by atoms with van der Waals surface area (Å²) in [5, 5.41) is 3.28. The Morgan fingerprint density at radius 2 is 2.31 bits per heavy atom. The molecule has 0 saturated heterocycles. The van der Waals surface area contributed by atoms with Crippen LogP contribution >= 0.6 is 0 Å². The minimum Gasteiger partial charge on any atom is -0.370 e. The Hall–Kier alpha value is -1.84. The fraction of sp³-hybridized carbons (Fsp3) is 0.333. The summed E-state index contributed by atoms with van der Waals surface area (Å²) in [6.45, 7) is 3.87. The van der Waals surface area contributed by atoms with E-state index in [9.17, 15) is 0 Å². The number of rotatable bonds is 5. The SMILES string of the molecule is CCCNc1cccc(Cn2ccnc2)n1. The van der Waals surface area contributed by atoms with E-state index in [-0.39, 0.29) is 0 Å². The first-order valence-corrected chi connectivity index (χ1v) is 5.54. The van der Waals surface area contributed by atoms with Crippen LogP contribution in [0.3, 0.4) is 0 Å². The molecule has 4 heteroatoms. The number of pyridine rings is 1. The molecule has 0 aromatic carbocycles. The fourth-order valence-corrected chi connectivity index (χ4v) is 1.49. The number of nitrogens with one attached hydrogen (secondary N) is 1. The molecule has 0 radical (unpaired) electrons. The molecule has 0 spiro atoms. The Balaban J connectivity index is 2.04. The highest BCUT2D eigenvalue weighted by molar-refractivity contribution is 5.35. The van der Waals surface area contributed by atoms with Gasteiger partial charge < -0.3 is 9.88 Å². The van der Waals surface area contributed by atoms with Crippen molar-refractivity contribution in [2.75, 3.05) is 11.9 Å². The summed E-state index contributed by atoms with van der Waals surface area (Å²) in [4.78, 5) is 8.54. The zero-order valence-electron chi connectivity index (χ0n) is 9.43. The second kappa shape index (κ2) is 5.30. The number of hydrogen-bond donors (Lipinski definition) is 1. The zero-order valence-corrected chi connectivity index (χ0v) is 9.43. The molecule has 0 amide bonds. The van der Waals surface area contributed by atoms with Crippen molar-refractivity contribution >= 4 is 5.82 Å². The molecular weight excluding hydrogens is 200 g/mol. The van der Waals surface area contributed by atoms with E-state index < -0.39 is 0 Å². The Bertz CT molecular complexity index is 422. The molecule has 0 bridgehead atoms. The molecule has 0 aliphatic carbocycles. The minimum atomic E-state index is 0.766. The number of hydrogen-bond acceptors (Lipinski definition) is 3. The van der Waals surface area contributed by atoms with Crippen LogP contribution in [0.15, 0.2) is 36.9 Å². The molecule has 0 atom stereocenters. The van der Waals surface area contributed by atoms with Gasteiger partial charge in [-0.3, -0.25) is 0 Å². The van der Waals surface area contributed by atoms with E-state index in [1.165, 1.54) is 0 Å². The average molecular weight is 216 g/mol. The summed E-state index contributed by atoms with van der Waals surface area (Å²) < 4.78 is 2.01. The Kier molecular flexibility index (Phi) is 3.53. The van der Waals surface area contributed by atoms with Crippen LogP contribution in [0.4, 0.5) is 5.82 Å². The maximum Gasteiger partial charge on any atom is 0.126 e. The number of nitrogens with zero attached hydrogens (tertiary/aromatic N) is 3. The van der Waals surface area contributed by atoms with Crippen LogP contribution in [-0.4, -0.2) is 21.1 Å². The number of imidazole rings is 1. The first-order valence-electron chi connectivity index (χ1n) is 5.54. The van der Waals surface area contributed by atoms with Crippen molar-refractivity contribution in [2.45, 2.75) is 19.9 Å². The van der Waals surface area contributed by atoms with Crippen molar-refractivity contribution < 1.29 is 0 Å². The predicted octanol–water partition coefficient (Wildman–Crippen LogP) is 2.15. The molecule has 4 nitrogen and oxygen atoms in total. The van der Waals surface area contributed by atoms with Crippen LogP contribution in [0, 0.1) is 0 Å². The average Bonchev–Trinajstić information content (AvgIpc) is 2.80. The highest BCUT2D eigenvalue weighted by atomic mass is 15.0. The Labute approximate surface area is 95.4 Å². The maximum atomic E-state index is 4.53. The smallest absolute Gasteiger partial charge is 0.126 e. The molecule has 2 rings (SSSR count). The van der Waals surface area contributed by atoms with Crippen molar-refractivity contribution in [1.82, 2.24) is 14.5 Å². The lowest BCUT2D eigenvalue weighted by molar-refractivity contribution is 0.773. The van der Waals surface area contributed by atoms with Gasteiger partial charge in [0.05, 0.1) is 18.6 Å². The predicted molar refractivity (Wildman–Crippen MR) is 64.3 cm³/mol. The number of anilines is 1. The number of aromatic nitrogens is 3. The largest absolute Gasteiger partial charge is 0.370 e. The third kappa shape index (κ3) is 2.82. The maximum absolute atomic E-state index is 4.53. The second-order valence-electron chi connectivity index (χ2n) is 3.68. The quantitative estimate of drug-likeness (QED) is 0.832. The summed E-state index contributed by atoms with van der Waals surface area (Å²) in [5.74, 6) is 0.944. The van der Waals surface area contributed by atoms with Crippen molar-refractivity contribution in [2.24, 2.45) is 0 Å². The lowest BCUT2D eigenvalue weighted by Gasteiger charge is -2.06. The summed E-state index contributed by atoms with van der Waals surface area (Å²) in [6.07, 6.45) is 6.62. The van der Waals surface area contributed by atoms with Gasteiger partial charge in [0.25, 0.3) is 0 Å². The third-order valence-corrected chi connectivity index (χ3v) is 2.27. The van der Waals surface area contributed by atoms with Gasteiger partial charge >= 0.3 is 0 Å². The van der Waals surface area contributed by atoms with Gasteiger partial charge in [0.15, 0.2) is 0 Å². The van der Waals surface area contributed by atoms with Crippen molar-refractivity contribution in [3.63, 3.8) is 0 Å². The van der Waals surface area contributed by atoms with E-state index in [0.29, 0.717) is 0 Å². The molecule has 0 saturated carbocycles. The lowest BCUT2D eigenvalue weighted by Crippen LogP contribution is -2.05. The molecule has 2 heterocycles. The van der Waals surface area contributed by atoms with E-state index >= 15 is 0 Å². The normalized spacial score (nSPS) is 10.3. The van der Waals surface area contributed by atoms with Gasteiger partial charge in [-0.2, -0.15) is 0 Å².